The quantitative estimate of drug-likeness (QED) is 0.475. The van der Waals surface area contributed by atoms with Gasteiger partial charge in [0.05, 0.1) is 12.2 Å². The lowest BCUT2D eigenvalue weighted by atomic mass is 10.0. The third-order valence-electron chi connectivity index (χ3n) is 7.23. The van der Waals surface area contributed by atoms with Gasteiger partial charge in [0.1, 0.15) is 0 Å². The van der Waals surface area contributed by atoms with Crippen molar-refractivity contribution < 1.29 is 26.7 Å². The first-order valence-corrected chi connectivity index (χ1v) is 11.7. The van der Waals surface area contributed by atoms with Crippen LogP contribution in [0.2, 0.25) is 0 Å². The monoisotopic (exact) mass is 487 g/mol. The van der Waals surface area contributed by atoms with Crippen molar-refractivity contribution in [3.05, 3.63) is 24.0 Å². The number of hydrogen-bond donors (Lipinski definition) is 1. The Bertz CT molecular complexity index is 998. The Kier molecular flexibility index (Phi) is 6.76. The molecule has 2 aromatic rings. The van der Waals surface area contributed by atoms with E-state index in [4.69, 9.17) is 10.8 Å². The molecule has 2 fully saturated rings. The van der Waals surface area contributed by atoms with E-state index in [1.807, 2.05) is 36.4 Å². The average molecular weight is 488 g/mol. The van der Waals surface area contributed by atoms with Crippen LogP contribution in [0, 0.1) is 11.8 Å². The molecule has 2 aliphatic carbocycles. The van der Waals surface area contributed by atoms with Gasteiger partial charge in [-0.2, -0.15) is 5.10 Å². The van der Waals surface area contributed by atoms with E-state index in [0.717, 1.165) is 25.0 Å². The number of nitrogen functional groups attached to an aromatic ring is 1. The summed E-state index contributed by atoms with van der Waals surface area (Å²) >= 11 is 0. The van der Waals surface area contributed by atoms with Gasteiger partial charge in [-0.1, -0.05) is 13.8 Å². The van der Waals surface area contributed by atoms with Crippen LogP contribution in [0.1, 0.15) is 57.7 Å². The highest BCUT2D eigenvalue weighted by molar-refractivity contribution is 5.64. The Balaban J connectivity index is 1.57. The van der Waals surface area contributed by atoms with Gasteiger partial charge in [0, 0.05) is 35.5 Å². The Morgan fingerprint density at radius 1 is 1.21 bits per heavy atom. The minimum Gasteiger partial charge on any atom is -0.402 e. The molecule has 0 saturated heterocycles. The number of fused-ring (bicyclic) bond motifs is 1. The molecule has 2 aromatic heterocycles. The predicted octanol–water partition coefficient (Wildman–Crippen LogP) is 5.48. The van der Waals surface area contributed by atoms with Crippen LogP contribution in [-0.2, 0) is 0 Å². The maximum Gasteiger partial charge on any atom is 0.573 e. The van der Waals surface area contributed by atoms with Gasteiger partial charge in [-0.05, 0) is 56.7 Å². The summed E-state index contributed by atoms with van der Waals surface area (Å²) < 4.78 is 70.0. The smallest absolute Gasteiger partial charge is 0.402 e. The van der Waals surface area contributed by atoms with E-state index in [1.54, 1.807) is 0 Å². The molecule has 188 valence electrons. The predicted molar refractivity (Wildman–Crippen MR) is 118 cm³/mol. The lowest BCUT2D eigenvalue weighted by molar-refractivity contribution is -0.274. The van der Waals surface area contributed by atoms with E-state index < -0.39 is 18.5 Å². The molecule has 0 aromatic carbocycles. The Morgan fingerprint density at radius 2 is 1.88 bits per heavy atom. The third-order valence-corrected chi connectivity index (χ3v) is 7.23. The summed E-state index contributed by atoms with van der Waals surface area (Å²) in [6.07, 6.45) is -3.28. The number of hydrogen-bond acceptors (Lipinski definition) is 5. The molecule has 0 amide bonds. The molecular formula is C23H30F5N5O. The number of anilines is 1. The molecule has 0 bridgehead atoms. The molecule has 3 atom stereocenters. The zero-order chi connectivity index (χ0) is 24.8. The van der Waals surface area contributed by atoms with E-state index >= 15 is 0 Å². The topological polar surface area (TPSA) is 69.2 Å². The third kappa shape index (κ3) is 4.99. The summed E-state index contributed by atoms with van der Waals surface area (Å²) in [6.45, 7) is 6.39. The van der Waals surface area contributed by atoms with E-state index in [0.29, 0.717) is 29.6 Å². The Hall–Kier alpha value is -2.43. The molecule has 2 heterocycles. The molecular weight excluding hydrogens is 457 g/mol. The molecule has 11 heteroatoms. The number of pyridine rings is 1. The zero-order valence-electron chi connectivity index (χ0n) is 19.4. The van der Waals surface area contributed by atoms with Crippen molar-refractivity contribution >= 4 is 5.82 Å². The molecule has 4 rings (SSSR count). The first-order valence-electron chi connectivity index (χ1n) is 11.7. The van der Waals surface area contributed by atoms with Gasteiger partial charge in [-0.3, -0.25) is 9.58 Å². The minimum atomic E-state index is -4.88. The number of halogens is 5. The molecule has 3 unspecified atom stereocenters. The summed E-state index contributed by atoms with van der Waals surface area (Å²) in [6, 6.07) is 3.37. The highest BCUT2D eigenvalue weighted by Crippen LogP contribution is 2.64. The lowest BCUT2D eigenvalue weighted by Gasteiger charge is -2.29. The fraction of sp³-hybridized carbons (Fsp3) is 0.652. The van der Waals surface area contributed by atoms with Crippen molar-refractivity contribution in [1.29, 1.82) is 0 Å². The summed E-state index contributed by atoms with van der Waals surface area (Å²) in [5, 5.41) is 4.71. The van der Waals surface area contributed by atoms with E-state index in [1.165, 1.54) is 12.3 Å². The van der Waals surface area contributed by atoms with Crippen LogP contribution in [0.5, 0.6) is 5.75 Å². The summed E-state index contributed by atoms with van der Waals surface area (Å²) in [7, 11) is 0. The van der Waals surface area contributed by atoms with Crippen molar-refractivity contribution in [3.63, 3.8) is 0 Å². The largest absolute Gasteiger partial charge is 0.573 e. The van der Waals surface area contributed by atoms with Crippen molar-refractivity contribution in [2.45, 2.75) is 70.8 Å². The second-order valence-corrected chi connectivity index (χ2v) is 9.27. The molecule has 2 N–H and O–H groups in total. The van der Waals surface area contributed by atoms with Crippen LogP contribution >= 0.6 is 0 Å². The maximum atomic E-state index is 12.9. The number of nitrogens with two attached hydrogens (primary N) is 1. The minimum absolute atomic E-state index is 0.0967. The van der Waals surface area contributed by atoms with Crippen molar-refractivity contribution in [2.75, 3.05) is 18.8 Å². The zero-order valence-corrected chi connectivity index (χ0v) is 19.4. The van der Waals surface area contributed by atoms with E-state index in [9.17, 15) is 22.0 Å². The standard InChI is InChI=1S/C23H30F5N5O/c1-4-12(3)33-18(21-15-7-14(8-16(15)21)32(5-2)11-20(24)25)9-17(31-33)13-6-19(22(29)30-10-13)34-23(26,27)28/h6,9-10,12,14-16,20-21H,4-5,7-8,11H2,1-3H3,(H2,29,30). The number of alkyl halides is 5. The van der Waals surface area contributed by atoms with Crippen LogP contribution < -0.4 is 10.5 Å². The fourth-order valence-electron chi connectivity index (χ4n) is 5.39. The molecule has 0 aliphatic heterocycles. The summed E-state index contributed by atoms with van der Waals surface area (Å²) in [5.41, 5.74) is 7.49. The molecule has 34 heavy (non-hydrogen) atoms. The van der Waals surface area contributed by atoms with Crippen molar-refractivity contribution in [2.24, 2.45) is 11.8 Å². The Labute approximate surface area is 195 Å². The SMILES string of the molecule is CCC(C)n1nc(-c2cnc(N)c(OC(F)(F)F)c2)cc1C1C2CC(N(CC)CC(F)F)CC21. The second-order valence-electron chi connectivity index (χ2n) is 9.27. The first kappa shape index (κ1) is 24.7. The second kappa shape index (κ2) is 9.31. The average Bonchev–Trinajstić information content (AvgIpc) is 3.11. The summed E-state index contributed by atoms with van der Waals surface area (Å²) in [5.74, 6) is 0.157. The van der Waals surface area contributed by atoms with Gasteiger partial charge < -0.3 is 10.5 Å². The van der Waals surface area contributed by atoms with E-state index in [2.05, 4.69) is 9.72 Å². The number of rotatable bonds is 9. The van der Waals surface area contributed by atoms with Crippen LogP contribution in [0.3, 0.4) is 0 Å². The van der Waals surface area contributed by atoms with Gasteiger partial charge in [-0.15, -0.1) is 13.2 Å². The number of ether oxygens (including phenoxy) is 1. The maximum absolute atomic E-state index is 12.9. The highest BCUT2D eigenvalue weighted by Gasteiger charge is 2.58. The van der Waals surface area contributed by atoms with Gasteiger partial charge in [0.15, 0.2) is 11.6 Å². The van der Waals surface area contributed by atoms with Gasteiger partial charge in [0.2, 0.25) is 0 Å². The summed E-state index contributed by atoms with van der Waals surface area (Å²) in [4.78, 5) is 5.73. The highest BCUT2D eigenvalue weighted by atomic mass is 19.4. The molecule has 0 radical (unpaired) electrons. The van der Waals surface area contributed by atoms with Gasteiger partial charge in [0.25, 0.3) is 6.43 Å². The first-order chi connectivity index (χ1) is 16.0. The van der Waals surface area contributed by atoms with Crippen LogP contribution in [-0.4, -0.2) is 51.6 Å². The van der Waals surface area contributed by atoms with Crippen LogP contribution in [0.4, 0.5) is 27.8 Å². The van der Waals surface area contributed by atoms with Gasteiger partial charge in [-0.25, -0.2) is 13.8 Å². The molecule has 0 spiro atoms. The van der Waals surface area contributed by atoms with Crippen molar-refractivity contribution in [3.8, 4) is 17.0 Å². The normalized spacial score (nSPS) is 25.1. The van der Waals surface area contributed by atoms with E-state index in [-0.39, 0.29) is 30.4 Å². The van der Waals surface area contributed by atoms with Crippen LogP contribution in [0.15, 0.2) is 18.3 Å². The number of aromatic nitrogens is 3. The fourth-order valence-corrected chi connectivity index (χ4v) is 5.39. The van der Waals surface area contributed by atoms with Crippen molar-refractivity contribution in [1.82, 2.24) is 19.7 Å². The Morgan fingerprint density at radius 3 is 2.44 bits per heavy atom. The molecule has 6 nitrogen and oxygen atoms in total. The molecule has 2 saturated carbocycles. The number of nitrogens with zero attached hydrogens (tertiary/aromatic N) is 4. The molecule has 2 aliphatic rings. The lowest BCUT2D eigenvalue weighted by Crippen LogP contribution is -2.38. The van der Waals surface area contributed by atoms with Gasteiger partial charge >= 0.3 is 6.36 Å². The van der Waals surface area contributed by atoms with Crippen LogP contribution in [0.25, 0.3) is 11.3 Å².